The highest BCUT2D eigenvalue weighted by molar-refractivity contribution is 9.10. The molecule has 0 fully saturated rings. The second kappa shape index (κ2) is 5.72. The summed E-state index contributed by atoms with van der Waals surface area (Å²) in [5, 5.41) is 0. The van der Waals surface area contributed by atoms with Gasteiger partial charge in [0.1, 0.15) is 5.75 Å². The highest BCUT2D eigenvalue weighted by Crippen LogP contribution is 2.33. The van der Waals surface area contributed by atoms with Crippen LogP contribution in [0.25, 0.3) is 0 Å². The van der Waals surface area contributed by atoms with Gasteiger partial charge >= 0.3 is 0 Å². The monoisotopic (exact) mass is 323 g/mol. The molecule has 19 heavy (non-hydrogen) atoms. The Morgan fingerprint density at radius 1 is 1.21 bits per heavy atom. The molecule has 0 unspecified atom stereocenters. The molecule has 1 atom stereocenters. The van der Waals surface area contributed by atoms with Gasteiger partial charge in [0.15, 0.2) is 11.6 Å². The molecule has 0 saturated carbocycles. The second-order valence-corrected chi connectivity index (χ2v) is 5.32. The number of halogens is 2. The third-order valence-electron chi connectivity index (χ3n) is 2.86. The number of hydrogen-bond donors (Lipinski definition) is 1. The van der Waals surface area contributed by atoms with Crippen molar-refractivity contribution in [1.82, 2.24) is 0 Å². The van der Waals surface area contributed by atoms with E-state index in [1.54, 1.807) is 31.2 Å². The molecule has 0 aliphatic carbocycles. The summed E-state index contributed by atoms with van der Waals surface area (Å²) in [4.78, 5) is 0. The van der Waals surface area contributed by atoms with Gasteiger partial charge in [-0.05, 0) is 59.1 Å². The molecule has 2 aromatic carbocycles. The quantitative estimate of drug-likeness (QED) is 0.887. The van der Waals surface area contributed by atoms with Gasteiger partial charge in [0, 0.05) is 6.04 Å². The van der Waals surface area contributed by atoms with Crippen molar-refractivity contribution in [2.45, 2.75) is 19.9 Å². The fraction of sp³-hybridized carbons (Fsp3) is 0.200. The van der Waals surface area contributed by atoms with Gasteiger partial charge in [-0.1, -0.05) is 18.2 Å². The summed E-state index contributed by atoms with van der Waals surface area (Å²) in [5.41, 5.74) is 7.35. The van der Waals surface area contributed by atoms with Crippen molar-refractivity contribution >= 4 is 15.9 Å². The van der Waals surface area contributed by atoms with Crippen molar-refractivity contribution in [3.05, 3.63) is 57.8 Å². The van der Waals surface area contributed by atoms with Gasteiger partial charge in [-0.25, -0.2) is 4.39 Å². The standard InChI is InChI=1S/C15H15BrFNO/c1-9-4-3-5-14(15(9)17)19-13-7-6-11(10(2)18)8-12(13)16/h3-8,10H,18H2,1-2H3/t10-/m1/s1. The Hall–Kier alpha value is -1.39. The summed E-state index contributed by atoms with van der Waals surface area (Å²) in [6.07, 6.45) is 0. The molecular weight excluding hydrogens is 309 g/mol. The first-order valence-corrected chi connectivity index (χ1v) is 6.76. The van der Waals surface area contributed by atoms with Gasteiger partial charge in [-0.3, -0.25) is 0 Å². The number of ether oxygens (including phenoxy) is 1. The number of aryl methyl sites for hydroxylation is 1. The van der Waals surface area contributed by atoms with E-state index in [0.29, 0.717) is 11.3 Å². The normalized spacial score (nSPS) is 12.3. The maximum Gasteiger partial charge on any atom is 0.168 e. The number of benzene rings is 2. The second-order valence-electron chi connectivity index (χ2n) is 4.47. The van der Waals surface area contributed by atoms with Crippen molar-refractivity contribution in [2.75, 3.05) is 0 Å². The van der Waals surface area contributed by atoms with Crippen molar-refractivity contribution in [3.8, 4) is 11.5 Å². The van der Waals surface area contributed by atoms with Gasteiger partial charge in [-0.2, -0.15) is 0 Å². The van der Waals surface area contributed by atoms with Gasteiger partial charge in [0.25, 0.3) is 0 Å². The zero-order valence-electron chi connectivity index (χ0n) is 10.8. The van der Waals surface area contributed by atoms with E-state index in [1.165, 1.54) is 0 Å². The van der Waals surface area contributed by atoms with Crippen LogP contribution < -0.4 is 10.5 Å². The molecule has 0 bridgehead atoms. The summed E-state index contributed by atoms with van der Waals surface area (Å²) < 4.78 is 20.2. The average molecular weight is 324 g/mol. The first-order valence-electron chi connectivity index (χ1n) is 5.97. The molecule has 2 rings (SSSR count). The highest BCUT2D eigenvalue weighted by Gasteiger charge is 2.10. The maximum atomic E-state index is 13.9. The van der Waals surface area contributed by atoms with Crippen LogP contribution in [0, 0.1) is 12.7 Å². The first kappa shape index (κ1) is 14.0. The number of rotatable bonds is 3. The van der Waals surface area contributed by atoms with Crippen LogP contribution in [-0.4, -0.2) is 0 Å². The number of nitrogens with two attached hydrogens (primary N) is 1. The van der Waals surface area contributed by atoms with Crippen LogP contribution in [0.3, 0.4) is 0 Å². The molecule has 4 heteroatoms. The Morgan fingerprint density at radius 3 is 2.58 bits per heavy atom. The van der Waals surface area contributed by atoms with E-state index in [2.05, 4.69) is 15.9 Å². The predicted octanol–water partition coefficient (Wildman–Crippen LogP) is 4.71. The Kier molecular flexibility index (Phi) is 4.22. The summed E-state index contributed by atoms with van der Waals surface area (Å²) in [6, 6.07) is 10.6. The molecule has 0 radical (unpaired) electrons. The Balaban J connectivity index is 2.31. The van der Waals surface area contributed by atoms with Crippen LogP contribution in [-0.2, 0) is 0 Å². The van der Waals surface area contributed by atoms with Crippen LogP contribution in [0.4, 0.5) is 4.39 Å². The molecule has 2 nitrogen and oxygen atoms in total. The summed E-state index contributed by atoms with van der Waals surface area (Å²) in [5.74, 6) is 0.439. The lowest BCUT2D eigenvalue weighted by Gasteiger charge is -2.12. The van der Waals surface area contributed by atoms with Crippen molar-refractivity contribution in [3.63, 3.8) is 0 Å². The molecule has 0 heterocycles. The van der Waals surface area contributed by atoms with Crippen LogP contribution in [0.1, 0.15) is 24.1 Å². The maximum absolute atomic E-state index is 13.9. The van der Waals surface area contributed by atoms with E-state index in [1.807, 2.05) is 19.1 Å². The third-order valence-corrected chi connectivity index (χ3v) is 3.48. The average Bonchev–Trinajstić information content (AvgIpc) is 2.37. The lowest BCUT2D eigenvalue weighted by atomic mass is 10.1. The highest BCUT2D eigenvalue weighted by atomic mass is 79.9. The smallest absolute Gasteiger partial charge is 0.168 e. The van der Waals surface area contributed by atoms with Crippen LogP contribution in [0.15, 0.2) is 40.9 Å². The van der Waals surface area contributed by atoms with E-state index in [9.17, 15) is 4.39 Å². The lowest BCUT2D eigenvalue weighted by molar-refractivity contribution is 0.437. The summed E-state index contributed by atoms with van der Waals surface area (Å²) in [6.45, 7) is 3.61. The van der Waals surface area contributed by atoms with E-state index < -0.39 is 0 Å². The predicted molar refractivity (Wildman–Crippen MR) is 78.0 cm³/mol. The lowest BCUT2D eigenvalue weighted by Crippen LogP contribution is -2.04. The molecule has 2 aromatic rings. The first-order chi connectivity index (χ1) is 8.99. The molecule has 2 N–H and O–H groups in total. The molecular formula is C15H15BrFNO. The fourth-order valence-electron chi connectivity index (χ4n) is 1.70. The number of hydrogen-bond acceptors (Lipinski definition) is 2. The molecule has 100 valence electrons. The molecule has 0 spiro atoms. The van der Waals surface area contributed by atoms with E-state index in [4.69, 9.17) is 10.5 Å². The van der Waals surface area contributed by atoms with Gasteiger partial charge in [0.2, 0.25) is 0 Å². The molecule has 0 aliphatic rings. The third kappa shape index (κ3) is 3.14. The minimum atomic E-state index is -0.342. The molecule has 0 aromatic heterocycles. The molecule has 0 amide bonds. The van der Waals surface area contributed by atoms with Crippen molar-refractivity contribution < 1.29 is 9.13 Å². The summed E-state index contributed by atoms with van der Waals surface area (Å²) >= 11 is 3.41. The zero-order chi connectivity index (χ0) is 14.0. The van der Waals surface area contributed by atoms with E-state index in [-0.39, 0.29) is 17.6 Å². The summed E-state index contributed by atoms with van der Waals surface area (Å²) in [7, 11) is 0. The zero-order valence-corrected chi connectivity index (χ0v) is 12.4. The largest absolute Gasteiger partial charge is 0.453 e. The minimum Gasteiger partial charge on any atom is -0.453 e. The van der Waals surface area contributed by atoms with Crippen LogP contribution >= 0.6 is 15.9 Å². The Labute approximate surface area is 120 Å². The molecule has 0 saturated heterocycles. The SMILES string of the molecule is Cc1cccc(Oc2ccc([C@@H](C)N)cc2Br)c1F. The van der Waals surface area contributed by atoms with Crippen LogP contribution in [0.5, 0.6) is 11.5 Å². The van der Waals surface area contributed by atoms with E-state index >= 15 is 0 Å². The Bertz CT molecular complexity index is 599. The van der Waals surface area contributed by atoms with Gasteiger partial charge in [-0.15, -0.1) is 0 Å². The Morgan fingerprint density at radius 2 is 1.95 bits per heavy atom. The fourth-order valence-corrected chi connectivity index (χ4v) is 2.18. The van der Waals surface area contributed by atoms with Crippen molar-refractivity contribution in [2.24, 2.45) is 5.73 Å². The topological polar surface area (TPSA) is 35.2 Å². The van der Waals surface area contributed by atoms with E-state index in [0.717, 1.165) is 10.0 Å². The van der Waals surface area contributed by atoms with Gasteiger partial charge in [0.05, 0.1) is 4.47 Å². The molecule has 0 aliphatic heterocycles. The minimum absolute atomic E-state index is 0.0546. The van der Waals surface area contributed by atoms with Crippen molar-refractivity contribution in [1.29, 1.82) is 0 Å². The van der Waals surface area contributed by atoms with Gasteiger partial charge < -0.3 is 10.5 Å². The van der Waals surface area contributed by atoms with Crippen LogP contribution in [0.2, 0.25) is 0 Å².